The van der Waals surface area contributed by atoms with Gasteiger partial charge in [0.05, 0.1) is 5.52 Å². The Labute approximate surface area is 130 Å². The van der Waals surface area contributed by atoms with Crippen molar-refractivity contribution < 1.29 is 25.8 Å². The van der Waals surface area contributed by atoms with Crippen molar-refractivity contribution in [2.45, 2.75) is 31.7 Å². The van der Waals surface area contributed by atoms with Gasteiger partial charge in [-0.25, -0.2) is 0 Å². The summed E-state index contributed by atoms with van der Waals surface area (Å²) >= 11 is 0. The third-order valence-corrected chi connectivity index (χ3v) is 4.14. The molecule has 5 nitrogen and oxygen atoms in total. The number of unbranched alkanes of at least 4 members (excludes halogenated alkanes) is 1. The molecule has 2 rings (SSSR count). The predicted octanol–water partition coefficient (Wildman–Crippen LogP) is 3.10. The predicted molar refractivity (Wildman–Crippen MR) is 78.8 cm³/mol. The molecule has 0 aliphatic heterocycles. The first kappa shape index (κ1) is 17.3. The topological polar surface area (TPSA) is 76.2 Å². The standard InChI is InChI=1S/C14H14F3NO4S/c1-2-3-4-9-5-6-11-10(7-9)12(8-13(19)18-11)22-23(20,21)14(15,16)17/h5-8H,2-4H2,1H3,(H,18,19). The van der Waals surface area contributed by atoms with E-state index in [1.165, 1.54) is 12.1 Å². The van der Waals surface area contributed by atoms with E-state index in [9.17, 15) is 26.4 Å². The van der Waals surface area contributed by atoms with Gasteiger partial charge >= 0.3 is 15.6 Å². The molecule has 0 unspecified atom stereocenters. The van der Waals surface area contributed by atoms with E-state index in [1.54, 1.807) is 6.07 Å². The van der Waals surface area contributed by atoms with Crippen LogP contribution in [-0.4, -0.2) is 18.9 Å². The first-order valence-corrected chi connectivity index (χ1v) is 8.21. The van der Waals surface area contributed by atoms with Crippen LogP contribution in [0.15, 0.2) is 29.1 Å². The molecule has 0 bridgehead atoms. The normalized spacial score (nSPS) is 12.5. The van der Waals surface area contributed by atoms with Crippen LogP contribution < -0.4 is 9.74 Å². The van der Waals surface area contributed by atoms with Crippen LogP contribution in [0.3, 0.4) is 0 Å². The summed E-state index contributed by atoms with van der Waals surface area (Å²) in [5, 5.41) is 0.103. The molecule has 0 fully saturated rings. The van der Waals surface area contributed by atoms with Gasteiger partial charge in [0.15, 0.2) is 5.75 Å². The quantitative estimate of drug-likeness (QED) is 0.665. The van der Waals surface area contributed by atoms with Crippen molar-refractivity contribution in [1.82, 2.24) is 4.98 Å². The average molecular weight is 349 g/mol. The fourth-order valence-corrected chi connectivity index (χ4v) is 2.51. The van der Waals surface area contributed by atoms with Gasteiger partial charge in [-0.1, -0.05) is 19.4 Å². The lowest BCUT2D eigenvalue weighted by atomic mass is 10.1. The van der Waals surface area contributed by atoms with Crippen LogP contribution >= 0.6 is 0 Å². The van der Waals surface area contributed by atoms with Crippen molar-refractivity contribution >= 4 is 21.0 Å². The van der Waals surface area contributed by atoms with Crippen molar-refractivity contribution in [2.75, 3.05) is 0 Å². The van der Waals surface area contributed by atoms with Gasteiger partial charge in [-0.2, -0.15) is 21.6 Å². The van der Waals surface area contributed by atoms with Gasteiger partial charge in [-0.05, 0) is 30.5 Å². The van der Waals surface area contributed by atoms with Gasteiger partial charge in [0, 0.05) is 11.5 Å². The zero-order chi connectivity index (χ0) is 17.3. The van der Waals surface area contributed by atoms with Gasteiger partial charge in [-0.3, -0.25) is 4.79 Å². The number of fused-ring (bicyclic) bond motifs is 1. The molecule has 0 atom stereocenters. The molecular weight excluding hydrogens is 335 g/mol. The number of rotatable bonds is 5. The molecule has 0 aliphatic rings. The molecule has 1 N–H and O–H groups in total. The second kappa shape index (κ2) is 6.23. The number of hydrogen-bond acceptors (Lipinski definition) is 4. The van der Waals surface area contributed by atoms with E-state index in [1.807, 2.05) is 6.92 Å². The minimum absolute atomic E-state index is 0.103. The first-order valence-electron chi connectivity index (χ1n) is 6.81. The second-order valence-corrected chi connectivity index (χ2v) is 6.50. The maximum Gasteiger partial charge on any atom is 0.534 e. The van der Waals surface area contributed by atoms with Gasteiger partial charge in [0.2, 0.25) is 0 Å². The van der Waals surface area contributed by atoms with Crippen LogP contribution in [0.4, 0.5) is 13.2 Å². The van der Waals surface area contributed by atoms with Gasteiger partial charge < -0.3 is 9.17 Å². The van der Waals surface area contributed by atoms with Crippen molar-refractivity contribution in [2.24, 2.45) is 0 Å². The largest absolute Gasteiger partial charge is 0.534 e. The Bertz CT molecular complexity index is 872. The van der Waals surface area contributed by atoms with Crippen LogP contribution in [0.2, 0.25) is 0 Å². The maximum absolute atomic E-state index is 12.5. The Kier molecular flexibility index (Phi) is 4.69. The molecule has 1 aromatic carbocycles. The van der Waals surface area contributed by atoms with E-state index in [-0.39, 0.29) is 10.9 Å². The zero-order valence-corrected chi connectivity index (χ0v) is 12.9. The Morgan fingerprint density at radius 1 is 1.22 bits per heavy atom. The first-order chi connectivity index (χ1) is 10.6. The smallest absolute Gasteiger partial charge is 0.375 e. The minimum Gasteiger partial charge on any atom is -0.375 e. The number of aromatic amines is 1. The number of benzene rings is 1. The van der Waals surface area contributed by atoms with Crippen molar-refractivity contribution in [3.05, 3.63) is 40.2 Å². The summed E-state index contributed by atoms with van der Waals surface area (Å²) < 4.78 is 63.9. The highest BCUT2D eigenvalue weighted by Gasteiger charge is 2.48. The van der Waals surface area contributed by atoms with Gasteiger partial charge in [0.1, 0.15) is 0 Å². The fraction of sp³-hybridized carbons (Fsp3) is 0.357. The lowest BCUT2D eigenvalue weighted by molar-refractivity contribution is -0.0499. The van der Waals surface area contributed by atoms with Crippen LogP contribution in [0.5, 0.6) is 5.75 Å². The number of aromatic nitrogens is 1. The Morgan fingerprint density at radius 2 is 1.91 bits per heavy atom. The SMILES string of the molecule is CCCCc1ccc2[nH]c(=O)cc(OS(=O)(=O)C(F)(F)F)c2c1. The van der Waals surface area contributed by atoms with E-state index in [0.29, 0.717) is 12.5 Å². The van der Waals surface area contributed by atoms with E-state index in [4.69, 9.17) is 0 Å². The average Bonchev–Trinajstić information content (AvgIpc) is 2.43. The number of aryl methyl sites for hydroxylation is 1. The molecule has 0 amide bonds. The van der Waals surface area contributed by atoms with E-state index >= 15 is 0 Å². The number of pyridine rings is 1. The molecule has 9 heteroatoms. The number of alkyl halides is 3. The van der Waals surface area contributed by atoms with Crippen LogP contribution in [-0.2, 0) is 16.5 Å². The molecule has 126 valence electrons. The summed E-state index contributed by atoms with van der Waals surface area (Å²) in [4.78, 5) is 13.9. The Balaban J connectivity index is 2.55. The van der Waals surface area contributed by atoms with Gasteiger partial charge in [-0.15, -0.1) is 0 Å². The van der Waals surface area contributed by atoms with Gasteiger partial charge in [0.25, 0.3) is 5.56 Å². The number of nitrogens with one attached hydrogen (secondary N) is 1. The summed E-state index contributed by atoms with van der Waals surface area (Å²) in [5.41, 5.74) is -5.32. The maximum atomic E-state index is 12.5. The third-order valence-electron chi connectivity index (χ3n) is 3.17. The van der Waals surface area contributed by atoms with Crippen molar-refractivity contribution in [3.8, 4) is 5.75 Å². The highest BCUT2D eigenvalue weighted by Crippen LogP contribution is 2.30. The zero-order valence-electron chi connectivity index (χ0n) is 12.1. The van der Waals surface area contributed by atoms with Crippen molar-refractivity contribution in [1.29, 1.82) is 0 Å². The molecule has 23 heavy (non-hydrogen) atoms. The second-order valence-electron chi connectivity index (χ2n) is 4.96. The Hall–Kier alpha value is -2.03. The van der Waals surface area contributed by atoms with Crippen LogP contribution in [0.1, 0.15) is 25.3 Å². The summed E-state index contributed by atoms with van der Waals surface area (Å²) in [7, 11) is -5.84. The highest BCUT2D eigenvalue weighted by molar-refractivity contribution is 7.88. The molecule has 0 radical (unpaired) electrons. The fourth-order valence-electron chi connectivity index (χ4n) is 2.04. The molecule has 2 aromatic rings. The molecular formula is C14H14F3NO4S. The Morgan fingerprint density at radius 3 is 2.52 bits per heavy atom. The monoisotopic (exact) mass is 349 g/mol. The van der Waals surface area contributed by atoms with E-state index < -0.39 is 26.9 Å². The number of H-pyrrole nitrogens is 1. The molecule has 0 spiro atoms. The molecule has 0 aliphatic carbocycles. The summed E-state index contributed by atoms with van der Waals surface area (Å²) in [5.74, 6) is -0.639. The molecule has 0 saturated heterocycles. The van der Waals surface area contributed by atoms with E-state index in [0.717, 1.165) is 18.4 Å². The number of halogens is 3. The third kappa shape index (κ3) is 3.84. The van der Waals surface area contributed by atoms with E-state index in [2.05, 4.69) is 9.17 Å². The summed E-state index contributed by atoms with van der Waals surface area (Å²) in [6.07, 6.45) is 2.47. The van der Waals surface area contributed by atoms with Crippen LogP contribution in [0.25, 0.3) is 10.9 Å². The molecule has 1 heterocycles. The summed E-state index contributed by atoms with van der Waals surface area (Å²) in [6, 6.07) is 5.43. The molecule has 0 saturated carbocycles. The highest BCUT2D eigenvalue weighted by atomic mass is 32.2. The van der Waals surface area contributed by atoms with Crippen LogP contribution in [0, 0.1) is 0 Å². The van der Waals surface area contributed by atoms with Crippen molar-refractivity contribution in [3.63, 3.8) is 0 Å². The lowest BCUT2D eigenvalue weighted by Crippen LogP contribution is -2.28. The molecule has 1 aromatic heterocycles. The number of hydrogen-bond donors (Lipinski definition) is 1. The summed E-state index contributed by atoms with van der Waals surface area (Å²) in [6.45, 7) is 1.99. The minimum atomic E-state index is -5.84. The lowest BCUT2D eigenvalue weighted by Gasteiger charge is -2.12.